The lowest BCUT2D eigenvalue weighted by Gasteiger charge is -2.13. The summed E-state index contributed by atoms with van der Waals surface area (Å²) in [5, 5.41) is 17.9. The Morgan fingerprint density at radius 2 is 1.80 bits per heavy atom. The molecule has 0 aliphatic heterocycles. The standard InChI is InChI=1S/C25H24N4O6/c1-3-34-19-13-9-17(10-14-19)26-25(31)23-15(2)22-20(5-4-6-21(22)35-23)27-28-24(30)16-7-11-18(12-8-16)29(32)33/h7-14H,3-6H2,1-2H3,(H,26,31)(H,28,30)/b27-20+. The van der Waals surface area contributed by atoms with Gasteiger partial charge in [-0.25, -0.2) is 5.43 Å². The second-order valence-electron chi connectivity index (χ2n) is 7.92. The third-order valence-corrected chi connectivity index (χ3v) is 5.59. The van der Waals surface area contributed by atoms with Crippen LogP contribution in [0.25, 0.3) is 0 Å². The molecular formula is C25H24N4O6. The fourth-order valence-corrected chi connectivity index (χ4v) is 3.90. The van der Waals surface area contributed by atoms with Gasteiger partial charge in [-0.1, -0.05) is 0 Å². The Labute approximate surface area is 201 Å². The number of nitrogens with one attached hydrogen (secondary N) is 2. The van der Waals surface area contributed by atoms with Crippen LogP contribution in [0.1, 0.15) is 57.6 Å². The van der Waals surface area contributed by atoms with Crippen LogP contribution in [0.2, 0.25) is 0 Å². The number of benzene rings is 2. The number of ether oxygens (including phenoxy) is 1. The van der Waals surface area contributed by atoms with E-state index in [1.807, 2.05) is 6.92 Å². The number of amides is 2. The molecule has 1 aliphatic carbocycles. The number of non-ortho nitro benzene ring substituents is 1. The van der Waals surface area contributed by atoms with E-state index in [0.29, 0.717) is 47.9 Å². The van der Waals surface area contributed by atoms with Crippen molar-refractivity contribution in [2.24, 2.45) is 5.10 Å². The van der Waals surface area contributed by atoms with E-state index < -0.39 is 10.8 Å². The summed E-state index contributed by atoms with van der Waals surface area (Å²) < 4.78 is 11.3. The van der Waals surface area contributed by atoms with Crippen molar-refractivity contribution in [1.82, 2.24) is 5.43 Å². The van der Waals surface area contributed by atoms with Crippen molar-refractivity contribution in [3.05, 3.63) is 86.9 Å². The fraction of sp³-hybridized carbons (Fsp3) is 0.240. The van der Waals surface area contributed by atoms with Crippen molar-refractivity contribution in [2.75, 3.05) is 11.9 Å². The van der Waals surface area contributed by atoms with Crippen LogP contribution in [-0.2, 0) is 6.42 Å². The average molecular weight is 476 g/mol. The van der Waals surface area contributed by atoms with Gasteiger partial charge in [-0.3, -0.25) is 19.7 Å². The maximum Gasteiger partial charge on any atom is 0.291 e. The Morgan fingerprint density at radius 3 is 2.46 bits per heavy atom. The minimum absolute atomic E-state index is 0.102. The van der Waals surface area contributed by atoms with Gasteiger partial charge in [0.25, 0.3) is 17.5 Å². The van der Waals surface area contributed by atoms with E-state index in [2.05, 4.69) is 15.8 Å². The number of fused-ring (bicyclic) bond motifs is 1. The van der Waals surface area contributed by atoms with Crippen LogP contribution >= 0.6 is 0 Å². The molecule has 3 aromatic rings. The predicted molar refractivity (Wildman–Crippen MR) is 129 cm³/mol. The number of nitro groups is 1. The monoisotopic (exact) mass is 476 g/mol. The highest BCUT2D eigenvalue weighted by Gasteiger charge is 2.28. The number of hydrazone groups is 1. The Balaban J connectivity index is 1.50. The van der Waals surface area contributed by atoms with Crippen LogP contribution in [-0.4, -0.2) is 29.1 Å². The molecule has 1 aliphatic rings. The largest absolute Gasteiger partial charge is 0.494 e. The van der Waals surface area contributed by atoms with Gasteiger partial charge < -0.3 is 14.5 Å². The van der Waals surface area contributed by atoms with Gasteiger partial charge in [-0.15, -0.1) is 0 Å². The molecule has 2 amide bonds. The number of nitrogens with zero attached hydrogens (tertiary/aromatic N) is 2. The number of hydrogen-bond acceptors (Lipinski definition) is 7. The van der Waals surface area contributed by atoms with Crippen LogP contribution in [0.15, 0.2) is 58.0 Å². The highest BCUT2D eigenvalue weighted by Crippen LogP contribution is 2.30. The van der Waals surface area contributed by atoms with Gasteiger partial charge in [-0.05, 0) is 63.1 Å². The van der Waals surface area contributed by atoms with Crippen molar-refractivity contribution in [1.29, 1.82) is 0 Å². The summed E-state index contributed by atoms with van der Waals surface area (Å²) in [7, 11) is 0. The molecule has 0 unspecified atom stereocenters. The van der Waals surface area contributed by atoms with Crippen molar-refractivity contribution < 1.29 is 23.7 Å². The minimum atomic E-state index is -0.531. The van der Waals surface area contributed by atoms with Gasteiger partial charge in [0, 0.05) is 40.9 Å². The summed E-state index contributed by atoms with van der Waals surface area (Å²) >= 11 is 0. The number of carbonyl (C=O) groups is 2. The molecule has 2 aromatic carbocycles. The lowest BCUT2D eigenvalue weighted by Crippen LogP contribution is -2.22. The normalized spacial score (nSPS) is 13.7. The van der Waals surface area contributed by atoms with E-state index in [1.54, 1.807) is 31.2 Å². The van der Waals surface area contributed by atoms with E-state index in [9.17, 15) is 19.7 Å². The number of nitro benzene ring substituents is 1. The van der Waals surface area contributed by atoms with Crippen LogP contribution < -0.4 is 15.5 Å². The molecule has 10 nitrogen and oxygen atoms in total. The average Bonchev–Trinajstić information content (AvgIpc) is 3.21. The van der Waals surface area contributed by atoms with E-state index in [4.69, 9.17) is 9.15 Å². The molecular weight excluding hydrogens is 452 g/mol. The van der Waals surface area contributed by atoms with Crippen molar-refractivity contribution >= 4 is 28.9 Å². The zero-order valence-electron chi connectivity index (χ0n) is 19.3. The van der Waals surface area contributed by atoms with Gasteiger partial charge in [0.1, 0.15) is 11.5 Å². The van der Waals surface area contributed by atoms with Gasteiger partial charge >= 0.3 is 0 Å². The van der Waals surface area contributed by atoms with Gasteiger partial charge in [0.05, 0.1) is 17.2 Å². The number of carbonyl (C=O) groups excluding carboxylic acids is 2. The first kappa shape index (κ1) is 23.7. The highest BCUT2D eigenvalue weighted by atomic mass is 16.6. The summed E-state index contributed by atoms with van der Waals surface area (Å²) in [6.45, 7) is 4.24. The number of rotatable bonds is 7. The molecule has 35 heavy (non-hydrogen) atoms. The third kappa shape index (κ3) is 5.21. The molecule has 1 heterocycles. The lowest BCUT2D eigenvalue weighted by atomic mass is 9.93. The Kier molecular flexibility index (Phi) is 6.91. The summed E-state index contributed by atoms with van der Waals surface area (Å²) in [6.07, 6.45) is 2.02. The van der Waals surface area contributed by atoms with Crippen LogP contribution in [0, 0.1) is 17.0 Å². The van der Waals surface area contributed by atoms with Crippen molar-refractivity contribution in [2.45, 2.75) is 33.1 Å². The van der Waals surface area contributed by atoms with E-state index >= 15 is 0 Å². The van der Waals surface area contributed by atoms with Gasteiger partial charge in [-0.2, -0.15) is 5.10 Å². The first-order chi connectivity index (χ1) is 16.9. The molecule has 4 rings (SSSR count). The van der Waals surface area contributed by atoms with E-state index in [1.165, 1.54) is 24.3 Å². The molecule has 0 fully saturated rings. The number of aryl methyl sites for hydroxylation is 1. The predicted octanol–water partition coefficient (Wildman–Crippen LogP) is 4.62. The van der Waals surface area contributed by atoms with E-state index in [-0.39, 0.29) is 22.9 Å². The molecule has 2 N–H and O–H groups in total. The molecule has 0 spiro atoms. The molecule has 180 valence electrons. The SMILES string of the molecule is CCOc1ccc(NC(=O)c2oc3c(c2C)/C(=N/NC(=O)c2ccc([N+](=O)[O-])cc2)CCC3)cc1. The number of anilines is 1. The molecule has 0 radical (unpaired) electrons. The maximum absolute atomic E-state index is 12.9. The van der Waals surface area contributed by atoms with Crippen LogP contribution in [0.5, 0.6) is 5.75 Å². The van der Waals surface area contributed by atoms with Crippen molar-refractivity contribution in [3.63, 3.8) is 0 Å². The molecule has 0 saturated carbocycles. The molecule has 10 heteroatoms. The first-order valence-corrected chi connectivity index (χ1v) is 11.2. The second-order valence-corrected chi connectivity index (χ2v) is 7.92. The lowest BCUT2D eigenvalue weighted by molar-refractivity contribution is -0.384. The number of furan rings is 1. The Bertz CT molecular complexity index is 1290. The second kappa shape index (κ2) is 10.2. The molecule has 0 saturated heterocycles. The third-order valence-electron chi connectivity index (χ3n) is 5.59. The number of hydrogen-bond donors (Lipinski definition) is 2. The molecule has 0 atom stereocenters. The molecule has 1 aromatic heterocycles. The maximum atomic E-state index is 12.9. The molecule has 0 bridgehead atoms. The fourth-order valence-electron chi connectivity index (χ4n) is 3.90. The Morgan fingerprint density at radius 1 is 1.09 bits per heavy atom. The minimum Gasteiger partial charge on any atom is -0.494 e. The van der Waals surface area contributed by atoms with E-state index in [0.717, 1.165) is 12.0 Å². The highest BCUT2D eigenvalue weighted by molar-refractivity contribution is 6.09. The smallest absolute Gasteiger partial charge is 0.291 e. The zero-order valence-corrected chi connectivity index (χ0v) is 19.3. The quantitative estimate of drug-likeness (QED) is 0.377. The Hall–Kier alpha value is -4.47. The van der Waals surface area contributed by atoms with Crippen LogP contribution in [0.3, 0.4) is 0 Å². The summed E-state index contributed by atoms with van der Waals surface area (Å²) in [5.74, 6) is 0.685. The van der Waals surface area contributed by atoms with Crippen LogP contribution in [0.4, 0.5) is 11.4 Å². The summed E-state index contributed by atoms with van der Waals surface area (Å²) in [6, 6.07) is 12.3. The van der Waals surface area contributed by atoms with Gasteiger partial charge in [0.2, 0.25) is 0 Å². The summed E-state index contributed by atoms with van der Waals surface area (Å²) in [5.41, 5.74) is 5.23. The zero-order chi connectivity index (χ0) is 24.9. The summed E-state index contributed by atoms with van der Waals surface area (Å²) in [4.78, 5) is 35.6. The van der Waals surface area contributed by atoms with Gasteiger partial charge in [0.15, 0.2) is 5.76 Å². The topological polar surface area (TPSA) is 136 Å². The first-order valence-electron chi connectivity index (χ1n) is 11.2. The van der Waals surface area contributed by atoms with Crippen molar-refractivity contribution in [3.8, 4) is 5.75 Å².